The topological polar surface area (TPSA) is 47.3 Å². The van der Waals surface area contributed by atoms with Crippen molar-refractivity contribution in [3.8, 4) is 6.07 Å². The van der Waals surface area contributed by atoms with E-state index in [2.05, 4.69) is 17.0 Å². The first kappa shape index (κ1) is 17.5. The number of anilines is 1. The molecule has 4 nitrogen and oxygen atoms in total. The third kappa shape index (κ3) is 4.40. The van der Waals surface area contributed by atoms with Gasteiger partial charge in [-0.25, -0.2) is 0 Å². The van der Waals surface area contributed by atoms with Gasteiger partial charge in [-0.2, -0.15) is 5.26 Å². The summed E-state index contributed by atoms with van der Waals surface area (Å²) in [5.74, 6) is -0.196. The van der Waals surface area contributed by atoms with Crippen LogP contribution in [-0.2, 0) is 4.79 Å². The van der Waals surface area contributed by atoms with Crippen LogP contribution in [0.2, 0.25) is 0 Å². The SMILES string of the molecule is N#C/C(=C/C=C/c1ccccc1)C(=O)N1CCN(c2ccccc2)CC1. The van der Waals surface area contributed by atoms with Crippen molar-refractivity contribution < 1.29 is 4.79 Å². The summed E-state index contributed by atoms with van der Waals surface area (Å²) in [4.78, 5) is 16.6. The van der Waals surface area contributed by atoms with Gasteiger partial charge in [-0.15, -0.1) is 0 Å². The van der Waals surface area contributed by atoms with Crippen LogP contribution in [0.25, 0.3) is 6.08 Å². The van der Waals surface area contributed by atoms with Gasteiger partial charge in [-0.05, 0) is 23.8 Å². The molecule has 0 N–H and O–H groups in total. The van der Waals surface area contributed by atoms with E-state index < -0.39 is 0 Å². The summed E-state index contributed by atoms with van der Waals surface area (Å²) in [5.41, 5.74) is 2.37. The van der Waals surface area contributed by atoms with E-state index in [1.54, 1.807) is 17.1 Å². The van der Waals surface area contributed by atoms with Crippen LogP contribution in [0.15, 0.2) is 78.4 Å². The Morgan fingerprint density at radius 3 is 2.15 bits per heavy atom. The number of piperazine rings is 1. The molecule has 1 amide bonds. The quantitative estimate of drug-likeness (QED) is 0.485. The summed E-state index contributed by atoms with van der Waals surface area (Å²) < 4.78 is 0. The zero-order chi connectivity index (χ0) is 18.2. The summed E-state index contributed by atoms with van der Waals surface area (Å²) in [7, 11) is 0. The lowest BCUT2D eigenvalue weighted by molar-refractivity contribution is -0.127. The number of carbonyl (C=O) groups is 1. The maximum Gasteiger partial charge on any atom is 0.264 e. The summed E-state index contributed by atoms with van der Waals surface area (Å²) in [6.07, 6.45) is 5.24. The van der Waals surface area contributed by atoms with Gasteiger partial charge in [-0.3, -0.25) is 4.79 Å². The van der Waals surface area contributed by atoms with Crippen LogP contribution in [0, 0.1) is 11.3 Å². The fraction of sp³-hybridized carbons (Fsp3) is 0.182. The van der Waals surface area contributed by atoms with Crippen molar-refractivity contribution in [1.29, 1.82) is 5.26 Å². The zero-order valence-electron chi connectivity index (χ0n) is 14.6. The van der Waals surface area contributed by atoms with Gasteiger partial charge in [0.15, 0.2) is 0 Å². The molecule has 4 heteroatoms. The van der Waals surface area contributed by atoms with Gasteiger partial charge in [0.05, 0.1) is 0 Å². The number of nitrogens with zero attached hydrogens (tertiary/aromatic N) is 3. The Bertz CT molecular complexity index is 827. The van der Waals surface area contributed by atoms with Crippen LogP contribution in [-0.4, -0.2) is 37.0 Å². The van der Waals surface area contributed by atoms with E-state index in [4.69, 9.17) is 0 Å². The molecule has 0 bridgehead atoms. The molecule has 1 aliphatic heterocycles. The van der Waals surface area contributed by atoms with Crippen molar-refractivity contribution in [3.05, 3.63) is 84.0 Å². The van der Waals surface area contributed by atoms with Gasteiger partial charge in [0, 0.05) is 31.9 Å². The summed E-state index contributed by atoms with van der Waals surface area (Å²) >= 11 is 0. The lowest BCUT2D eigenvalue weighted by Crippen LogP contribution is -2.49. The summed E-state index contributed by atoms with van der Waals surface area (Å²) in [5, 5.41) is 9.34. The highest BCUT2D eigenvalue weighted by Gasteiger charge is 2.23. The van der Waals surface area contributed by atoms with Gasteiger partial charge >= 0.3 is 0 Å². The Morgan fingerprint density at radius 1 is 0.923 bits per heavy atom. The standard InChI is InChI=1S/C22H21N3O/c23-18-20(11-7-10-19-8-3-1-4-9-19)22(26)25-16-14-24(15-17-25)21-12-5-2-6-13-21/h1-13H,14-17H2/b10-7+,20-11-. The lowest BCUT2D eigenvalue weighted by Gasteiger charge is -2.36. The Hall–Kier alpha value is -3.32. The average Bonchev–Trinajstić information content (AvgIpc) is 2.72. The highest BCUT2D eigenvalue weighted by atomic mass is 16.2. The number of benzene rings is 2. The maximum absolute atomic E-state index is 12.6. The molecule has 130 valence electrons. The van der Waals surface area contributed by atoms with Crippen molar-refractivity contribution in [2.45, 2.75) is 0 Å². The molecule has 1 aliphatic rings. The fourth-order valence-electron chi connectivity index (χ4n) is 2.95. The molecule has 3 rings (SSSR count). The fourth-order valence-corrected chi connectivity index (χ4v) is 2.95. The van der Waals surface area contributed by atoms with Crippen molar-refractivity contribution in [2.75, 3.05) is 31.1 Å². The second-order valence-corrected chi connectivity index (χ2v) is 6.08. The normalized spacial score (nSPS) is 15.1. The van der Waals surface area contributed by atoms with Crippen molar-refractivity contribution in [3.63, 3.8) is 0 Å². The Labute approximate surface area is 154 Å². The van der Waals surface area contributed by atoms with E-state index in [1.165, 1.54) is 5.69 Å². The van der Waals surface area contributed by atoms with E-state index in [0.717, 1.165) is 18.7 Å². The van der Waals surface area contributed by atoms with Crippen LogP contribution < -0.4 is 4.90 Å². The molecule has 0 saturated carbocycles. The number of carbonyl (C=O) groups excluding carboxylic acids is 1. The Balaban J connectivity index is 1.60. The first-order chi connectivity index (χ1) is 12.8. The molecular formula is C22H21N3O. The molecule has 0 aromatic heterocycles. The molecule has 0 radical (unpaired) electrons. The predicted octanol–water partition coefficient (Wildman–Crippen LogP) is 3.50. The van der Waals surface area contributed by atoms with Crippen LogP contribution >= 0.6 is 0 Å². The lowest BCUT2D eigenvalue weighted by atomic mass is 10.1. The number of hydrogen-bond acceptors (Lipinski definition) is 3. The number of amides is 1. The third-order valence-electron chi connectivity index (χ3n) is 4.39. The van der Waals surface area contributed by atoms with E-state index in [1.807, 2.05) is 60.7 Å². The van der Waals surface area contributed by atoms with Gasteiger partial charge in [0.2, 0.25) is 0 Å². The number of nitriles is 1. The molecular weight excluding hydrogens is 322 g/mol. The predicted molar refractivity (Wildman–Crippen MR) is 104 cm³/mol. The van der Waals surface area contributed by atoms with Crippen molar-refractivity contribution >= 4 is 17.7 Å². The zero-order valence-corrected chi connectivity index (χ0v) is 14.6. The molecule has 1 saturated heterocycles. The number of hydrogen-bond donors (Lipinski definition) is 0. The molecule has 1 fully saturated rings. The number of rotatable bonds is 4. The highest BCUT2D eigenvalue weighted by Crippen LogP contribution is 2.16. The average molecular weight is 343 g/mol. The number of para-hydroxylation sites is 1. The Morgan fingerprint density at radius 2 is 1.54 bits per heavy atom. The molecule has 26 heavy (non-hydrogen) atoms. The second kappa shape index (κ2) is 8.68. The van der Waals surface area contributed by atoms with Gasteiger partial charge in [-0.1, -0.05) is 60.7 Å². The molecule has 2 aromatic carbocycles. The molecule has 1 heterocycles. The minimum atomic E-state index is -0.196. The first-order valence-corrected chi connectivity index (χ1v) is 8.71. The highest BCUT2D eigenvalue weighted by molar-refractivity contribution is 5.97. The first-order valence-electron chi connectivity index (χ1n) is 8.71. The van der Waals surface area contributed by atoms with Crippen LogP contribution in [0.5, 0.6) is 0 Å². The second-order valence-electron chi connectivity index (χ2n) is 6.08. The van der Waals surface area contributed by atoms with E-state index in [0.29, 0.717) is 13.1 Å². The smallest absolute Gasteiger partial charge is 0.264 e. The summed E-state index contributed by atoms with van der Waals surface area (Å²) in [6, 6.07) is 22.0. The van der Waals surface area contributed by atoms with E-state index in [-0.39, 0.29) is 11.5 Å². The van der Waals surface area contributed by atoms with Crippen molar-refractivity contribution in [2.24, 2.45) is 0 Å². The van der Waals surface area contributed by atoms with Crippen molar-refractivity contribution in [1.82, 2.24) is 4.90 Å². The van der Waals surface area contributed by atoms with Crippen LogP contribution in [0.1, 0.15) is 5.56 Å². The molecule has 2 aromatic rings. The van der Waals surface area contributed by atoms with Crippen LogP contribution in [0.3, 0.4) is 0 Å². The molecule has 0 spiro atoms. The molecule has 0 atom stereocenters. The van der Waals surface area contributed by atoms with Crippen LogP contribution in [0.4, 0.5) is 5.69 Å². The Kier molecular flexibility index (Phi) is 5.84. The van der Waals surface area contributed by atoms with E-state index >= 15 is 0 Å². The van der Waals surface area contributed by atoms with Gasteiger partial charge in [0.25, 0.3) is 5.91 Å². The minimum Gasteiger partial charge on any atom is -0.368 e. The summed E-state index contributed by atoms with van der Waals surface area (Å²) in [6.45, 7) is 2.78. The number of allylic oxidation sites excluding steroid dienone is 2. The molecule has 0 aliphatic carbocycles. The minimum absolute atomic E-state index is 0.172. The van der Waals surface area contributed by atoms with E-state index in [9.17, 15) is 10.1 Å². The van der Waals surface area contributed by atoms with Gasteiger partial charge < -0.3 is 9.80 Å². The van der Waals surface area contributed by atoms with Gasteiger partial charge in [0.1, 0.15) is 11.6 Å². The largest absolute Gasteiger partial charge is 0.368 e. The monoisotopic (exact) mass is 343 g/mol. The third-order valence-corrected chi connectivity index (χ3v) is 4.39. The molecule has 0 unspecified atom stereocenters. The maximum atomic E-state index is 12.6.